The fraction of sp³-hybridized carbons (Fsp3) is 0.500. The van der Waals surface area contributed by atoms with Crippen molar-refractivity contribution in [2.75, 3.05) is 13.1 Å². The van der Waals surface area contributed by atoms with Gasteiger partial charge in [0.15, 0.2) is 0 Å². The lowest BCUT2D eigenvalue weighted by Crippen LogP contribution is -2.43. The molecule has 2 aromatic rings. The molecule has 2 aliphatic rings. The van der Waals surface area contributed by atoms with E-state index in [1.165, 1.54) is 42.4 Å². The van der Waals surface area contributed by atoms with Crippen LogP contribution in [0.2, 0.25) is 5.02 Å². The molecule has 1 saturated heterocycles. The van der Waals surface area contributed by atoms with Gasteiger partial charge in [-0.05, 0) is 79.8 Å². The Bertz CT molecular complexity index is 881. The Morgan fingerprint density at radius 3 is 2.73 bits per heavy atom. The highest BCUT2D eigenvalue weighted by Crippen LogP contribution is 2.27. The minimum atomic E-state index is 0.0490. The van der Waals surface area contributed by atoms with Crippen molar-refractivity contribution in [2.45, 2.75) is 64.5 Å². The van der Waals surface area contributed by atoms with Gasteiger partial charge in [-0.25, -0.2) is 0 Å². The molecule has 0 radical (unpaired) electrons. The van der Waals surface area contributed by atoms with Crippen LogP contribution >= 0.6 is 11.6 Å². The summed E-state index contributed by atoms with van der Waals surface area (Å²) in [4.78, 5) is 15.5. The standard InChI is InChI=1S/C26H33ClN2O/c1-2-25(21-14-13-19-8-3-4-9-20(19)16-21)28-26(30)23-11-7-15-29(18-23)17-22-10-5-6-12-24(22)27/h5-6,10,12-14,16,23,25H,2-4,7-9,11,15,17-18H2,1H3,(H,28,30)/t23-,25+/m0/s1. The number of aryl methyl sites for hydroxylation is 2. The quantitative estimate of drug-likeness (QED) is 0.645. The van der Waals surface area contributed by atoms with E-state index in [1.54, 1.807) is 0 Å². The van der Waals surface area contributed by atoms with Crippen LogP contribution in [0.3, 0.4) is 0 Å². The molecule has 2 aromatic carbocycles. The lowest BCUT2D eigenvalue weighted by molar-refractivity contribution is -0.127. The molecule has 1 N–H and O–H groups in total. The third-order valence-corrected chi connectivity index (χ3v) is 7.10. The Balaban J connectivity index is 1.39. The molecule has 0 unspecified atom stereocenters. The Morgan fingerprint density at radius 2 is 1.93 bits per heavy atom. The lowest BCUT2D eigenvalue weighted by atomic mass is 9.88. The molecule has 1 aliphatic heterocycles. The van der Waals surface area contributed by atoms with E-state index in [-0.39, 0.29) is 17.9 Å². The van der Waals surface area contributed by atoms with Gasteiger partial charge in [-0.15, -0.1) is 0 Å². The second-order valence-corrected chi connectivity index (χ2v) is 9.28. The summed E-state index contributed by atoms with van der Waals surface area (Å²) in [5.41, 5.74) is 5.37. The highest BCUT2D eigenvalue weighted by Gasteiger charge is 2.27. The van der Waals surface area contributed by atoms with E-state index in [0.29, 0.717) is 0 Å². The van der Waals surface area contributed by atoms with Crippen molar-refractivity contribution in [2.24, 2.45) is 5.92 Å². The van der Waals surface area contributed by atoms with Crippen LogP contribution in [0.25, 0.3) is 0 Å². The molecular weight excluding hydrogens is 392 g/mol. The molecule has 0 aromatic heterocycles. The third kappa shape index (κ3) is 5.07. The van der Waals surface area contributed by atoms with Gasteiger partial charge in [0, 0.05) is 18.1 Å². The molecular formula is C26H33ClN2O. The summed E-state index contributed by atoms with van der Waals surface area (Å²) < 4.78 is 0. The molecule has 0 bridgehead atoms. The third-order valence-electron chi connectivity index (χ3n) is 6.73. The highest BCUT2D eigenvalue weighted by molar-refractivity contribution is 6.31. The van der Waals surface area contributed by atoms with Gasteiger partial charge in [0.25, 0.3) is 0 Å². The van der Waals surface area contributed by atoms with Gasteiger partial charge in [-0.1, -0.05) is 54.9 Å². The fourth-order valence-electron chi connectivity index (χ4n) is 4.96. The summed E-state index contributed by atoms with van der Waals surface area (Å²) in [6, 6.07) is 15.0. The normalized spacial score (nSPS) is 20.4. The minimum Gasteiger partial charge on any atom is -0.349 e. The van der Waals surface area contributed by atoms with Crippen molar-refractivity contribution in [1.82, 2.24) is 10.2 Å². The van der Waals surface area contributed by atoms with E-state index in [1.807, 2.05) is 18.2 Å². The highest BCUT2D eigenvalue weighted by atomic mass is 35.5. The van der Waals surface area contributed by atoms with Gasteiger partial charge >= 0.3 is 0 Å². The Kier molecular flexibility index (Phi) is 7.12. The maximum Gasteiger partial charge on any atom is 0.224 e. The average Bonchev–Trinajstić information content (AvgIpc) is 2.78. The number of nitrogens with zero attached hydrogens (tertiary/aromatic N) is 1. The number of rotatable bonds is 6. The number of hydrogen-bond donors (Lipinski definition) is 1. The van der Waals surface area contributed by atoms with Gasteiger partial charge in [0.2, 0.25) is 5.91 Å². The van der Waals surface area contributed by atoms with Crippen molar-refractivity contribution in [3.8, 4) is 0 Å². The summed E-state index contributed by atoms with van der Waals surface area (Å²) in [5.74, 6) is 0.247. The zero-order chi connectivity index (χ0) is 20.9. The predicted molar refractivity (Wildman–Crippen MR) is 124 cm³/mol. The van der Waals surface area contributed by atoms with E-state index in [0.717, 1.165) is 49.5 Å². The van der Waals surface area contributed by atoms with Crippen LogP contribution in [-0.4, -0.2) is 23.9 Å². The fourth-order valence-corrected chi connectivity index (χ4v) is 5.16. The molecule has 2 atom stereocenters. The van der Waals surface area contributed by atoms with Gasteiger partial charge in [-0.3, -0.25) is 9.69 Å². The summed E-state index contributed by atoms with van der Waals surface area (Å²) in [6.07, 6.45) is 7.88. The van der Waals surface area contributed by atoms with Crippen molar-refractivity contribution in [3.63, 3.8) is 0 Å². The minimum absolute atomic E-state index is 0.0490. The summed E-state index contributed by atoms with van der Waals surface area (Å²) in [5, 5.41) is 4.17. The summed E-state index contributed by atoms with van der Waals surface area (Å²) >= 11 is 6.34. The molecule has 30 heavy (non-hydrogen) atoms. The zero-order valence-electron chi connectivity index (χ0n) is 18.0. The second kappa shape index (κ2) is 9.98. The van der Waals surface area contributed by atoms with Crippen LogP contribution in [0, 0.1) is 5.92 Å². The maximum atomic E-state index is 13.1. The van der Waals surface area contributed by atoms with Crippen molar-refractivity contribution < 1.29 is 4.79 Å². The number of fused-ring (bicyclic) bond motifs is 1. The number of hydrogen-bond acceptors (Lipinski definition) is 2. The number of benzene rings is 2. The zero-order valence-corrected chi connectivity index (χ0v) is 18.8. The van der Waals surface area contributed by atoms with Crippen LogP contribution in [-0.2, 0) is 24.2 Å². The van der Waals surface area contributed by atoms with Crippen LogP contribution in [0.4, 0.5) is 0 Å². The van der Waals surface area contributed by atoms with E-state index in [4.69, 9.17) is 11.6 Å². The Labute approximate surface area is 185 Å². The van der Waals surface area contributed by atoms with Crippen LogP contribution in [0.15, 0.2) is 42.5 Å². The molecule has 4 heteroatoms. The molecule has 1 amide bonds. The van der Waals surface area contributed by atoms with Crippen LogP contribution < -0.4 is 5.32 Å². The Morgan fingerprint density at radius 1 is 1.13 bits per heavy atom. The van der Waals surface area contributed by atoms with Crippen LogP contribution in [0.1, 0.15) is 67.3 Å². The summed E-state index contributed by atoms with van der Waals surface area (Å²) in [7, 11) is 0. The number of carbonyl (C=O) groups excluding carboxylic acids is 1. The first-order valence-corrected chi connectivity index (χ1v) is 11.9. The first-order valence-electron chi connectivity index (χ1n) is 11.5. The maximum absolute atomic E-state index is 13.1. The topological polar surface area (TPSA) is 32.3 Å². The molecule has 3 nitrogen and oxygen atoms in total. The van der Waals surface area contributed by atoms with Crippen LogP contribution in [0.5, 0.6) is 0 Å². The number of amides is 1. The van der Waals surface area contributed by atoms with Gasteiger partial charge in [0.05, 0.1) is 12.0 Å². The number of piperidine rings is 1. The number of halogens is 1. The molecule has 160 valence electrons. The largest absolute Gasteiger partial charge is 0.349 e. The van der Waals surface area contributed by atoms with E-state index < -0.39 is 0 Å². The van der Waals surface area contributed by atoms with E-state index in [2.05, 4.69) is 41.4 Å². The smallest absolute Gasteiger partial charge is 0.224 e. The monoisotopic (exact) mass is 424 g/mol. The van der Waals surface area contributed by atoms with E-state index >= 15 is 0 Å². The van der Waals surface area contributed by atoms with Gasteiger partial charge < -0.3 is 5.32 Å². The number of carbonyl (C=O) groups is 1. The molecule has 1 heterocycles. The molecule has 1 fully saturated rings. The second-order valence-electron chi connectivity index (χ2n) is 8.87. The number of nitrogens with one attached hydrogen (secondary N) is 1. The lowest BCUT2D eigenvalue weighted by Gasteiger charge is -2.33. The molecule has 0 saturated carbocycles. The first kappa shape index (κ1) is 21.4. The van der Waals surface area contributed by atoms with Gasteiger partial charge in [-0.2, -0.15) is 0 Å². The summed E-state index contributed by atoms with van der Waals surface area (Å²) in [6.45, 7) is 4.80. The first-order chi connectivity index (χ1) is 14.6. The van der Waals surface area contributed by atoms with Crippen molar-refractivity contribution in [1.29, 1.82) is 0 Å². The molecule has 1 aliphatic carbocycles. The van der Waals surface area contributed by atoms with Crippen molar-refractivity contribution in [3.05, 3.63) is 69.7 Å². The predicted octanol–water partition coefficient (Wildman–Crippen LogP) is 5.70. The van der Waals surface area contributed by atoms with Crippen molar-refractivity contribution >= 4 is 17.5 Å². The number of likely N-dealkylation sites (tertiary alicyclic amines) is 1. The average molecular weight is 425 g/mol. The van der Waals surface area contributed by atoms with E-state index in [9.17, 15) is 4.79 Å². The Hall–Kier alpha value is -1.84. The van der Waals surface area contributed by atoms with Gasteiger partial charge in [0.1, 0.15) is 0 Å². The molecule has 0 spiro atoms. The SMILES string of the molecule is CC[C@@H](NC(=O)[C@H]1CCCN(Cc2ccccc2Cl)C1)c1ccc2c(c1)CCCC2. The molecule has 4 rings (SSSR count).